The molecule has 1 saturated heterocycles. The van der Waals surface area contributed by atoms with Crippen LogP contribution in [-0.2, 0) is 9.53 Å². The van der Waals surface area contributed by atoms with Crippen LogP contribution in [0.2, 0.25) is 5.02 Å². The van der Waals surface area contributed by atoms with Gasteiger partial charge in [-0.15, -0.1) is 0 Å². The number of morpholine rings is 1. The second-order valence-electron chi connectivity index (χ2n) is 7.78. The third-order valence-electron chi connectivity index (χ3n) is 5.43. The molecule has 0 radical (unpaired) electrons. The summed E-state index contributed by atoms with van der Waals surface area (Å²) in [5.41, 5.74) is 2.58. The average molecular weight is 496 g/mol. The van der Waals surface area contributed by atoms with Crippen molar-refractivity contribution in [3.05, 3.63) is 77.3 Å². The summed E-state index contributed by atoms with van der Waals surface area (Å²) in [6, 6.07) is 19.4. The molecule has 0 saturated carbocycles. The van der Waals surface area contributed by atoms with Gasteiger partial charge in [-0.25, -0.2) is 0 Å². The van der Waals surface area contributed by atoms with Gasteiger partial charge in [0.25, 0.3) is 11.8 Å². The Balaban J connectivity index is 1.35. The SMILES string of the molecule is COc1ccc(NC(=O)COc2ccccc2C(=O)Nc2ccc(N3CCOCC3)cc2)cc1Cl. The van der Waals surface area contributed by atoms with E-state index in [-0.39, 0.29) is 18.4 Å². The van der Waals surface area contributed by atoms with Gasteiger partial charge in [-0.2, -0.15) is 0 Å². The number of nitrogens with one attached hydrogen (secondary N) is 2. The Bertz CT molecular complexity index is 1180. The highest BCUT2D eigenvalue weighted by Crippen LogP contribution is 2.27. The maximum atomic E-state index is 12.9. The molecule has 4 rings (SSSR count). The monoisotopic (exact) mass is 495 g/mol. The van der Waals surface area contributed by atoms with Crippen molar-refractivity contribution < 1.29 is 23.8 Å². The Morgan fingerprint density at radius 1 is 0.943 bits per heavy atom. The summed E-state index contributed by atoms with van der Waals surface area (Å²) < 4.78 is 16.2. The van der Waals surface area contributed by atoms with Gasteiger partial charge >= 0.3 is 0 Å². The highest BCUT2D eigenvalue weighted by atomic mass is 35.5. The Kier molecular flexibility index (Phi) is 8.07. The number of methoxy groups -OCH3 is 1. The Morgan fingerprint density at radius 2 is 1.66 bits per heavy atom. The van der Waals surface area contributed by atoms with Crippen molar-refractivity contribution in [2.75, 3.05) is 55.6 Å². The normalized spacial score (nSPS) is 13.1. The lowest BCUT2D eigenvalue weighted by molar-refractivity contribution is -0.118. The molecule has 1 aliphatic rings. The Hall–Kier alpha value is -3.75. The molecule has 1 heterocycles. The van der Waals surface area contributed by atoms with E-state index >= 15 is 0 Å². The van der Waals surface area contributed by atoms with Crippen LogP contribution in [0.3, 0.4) is 0 Å². The predicted octanol–water partition coefficient (Wildman–Crippen LogP) is 4.46. The van der Waals surface area contributed by atoms with Gasteiger partial charge in [-0.05, 0) is 54.6 Å². The lowest BCUT2D eigenvalue weighted by Gasteiger charge is -2.28. The molecule has 2 amide bonds. The zero-order valence-corrected chi connectivity index (χ0v) is 20.0. The number of amides is 2. The van der Waals surface area contributed by atoms with E-state index in [1.165, 1.54) is 7.11 Å². The number of carbonyl (C=O) groups is 2. The number of hydrogen-bond donors (Lipinski definition) is 2. The predicted molar refractivity (Wildman–Crippen MR) is 136 cm³/mol. The van der Waals surface area contributed by atoms with Gasteiger partial charge in [-0.3, -0.25) is 9.59 Å². The van der Waals surface area contributed by atoms with Crippen molar-refractivity contribution in [2.24, 2.45) is 0 Å². The van der Waals surface area contributed by atoms with Crippen LogP contribution in [0.15, 0.2) is 66.7 Å². The zero-order chi connectivity index (χ0) is 24.6. The summed E-state index contributed by atoms with van der Waals surface area (Å²) in [6.45, 7) is 2.83. The molecule has 0 spiro atoms. The standard InChI is InChI=1S/C26H26ClN3O5/c1-33-24-11-8-19(16-22(24)27)28-25(31)17-35-23-5-3-2-4-21(23)26(32)29-18-6-9-20(10-7-18)30-12-14-34-15-13-30/h2-11,16H,12-15,17H2,1H3,(H,28,31)(H,29,32). The van der Waals surface area contributed by atoms with Crippen molar-refractivity contribution in [1.29, 1.82) is 0 Å². The molecule has 3 aromatic carbocycles. The molecule has 2 N–H and O–H groups in total. The molecule has 1 aliphatic heterocycles. The summed E-state index contributed by atoms with van der Waals surface area (Å²) >= 11 is 6.10. The minimum Gasteiger partial charge on any atom is -0.495 e. The summed E-state index contributed by atoms with van der Waals surface area (Å²) in [4.78, 5) is 27.5. The first kappa shape index (κ1) is 24.4. The van der Waals surface area contributed by atoms with Crippen LogP contribution in [0.4, 0.5) is 17.1 Å². The molecule has 0 aromatic heterocycles. The number of ether oxygens (including phenoxy) is 3. The lowest BCUT2D eigenvalue weighted by atomic mass is 10.1. The number of nitrogens with zero attached hydrogens (tertiary/aromatic N) is 1. The van der Waals surface area contributed by atoms with Crippen LogP contribution in [0, 0.1) is 0 Å². The Morgan fingerprint density at radius 3 is 2.37 bits per heavy atom. The van der Waals surface area contributed by atoms with Crippen LogP contribution >= 0.6 is 11.6 Å². The number of hydrogen-bond acceptors (Lipinski definition) is 6. The first-order valence-electron chi connectivity index (χ1n) is 11.1. The summed E-state index contributed by atoms with van der Waals surface area (Å²) in [7, 11) is 1.52. The first-order chi connectivity index (χ1) is 17.0. The van der Waals surface area contributed by atoms with E-state index in [1.807, 2.05) is 24.3 Å². The molecule has 0 unspecified atom stereocenters. The number of halogens is 1. The molecule has 1 fully saturated rings. The van der Waals surface area contributed by atoms with E-state index in [0.29, 0.717) is 46.7 Å². The lowest BCUT2D eigenvalue weighted by Crippen LogP contribution is -2.36. The minimum absolute atomic E-state index is 0.276. The molecule has 8 nitrogen and oxygen atoms in total. The van der Waals surface area contributed by atoms with Crippen molar-refractivity contribution in [3.8, 4) is 11.5 Å². The van der Waals surface area contributed by atoms with Crippen molar-refractivity contribution in [1.82, 2.24) is 0 Å². The highest BCUT2D eigenvalue weighted by molar-refractivity contribution is 6.32. The van der Waals surface area contributed by atoms with E-state index in [1.54, 1.807) is 42.5 Å². The van der Waals surface area contributed by atoms with Crippen LogP contribution in [-0.4, -0.2) is 51.8 Å². The van der Waals surface area contributed by atoms with Gasteiger partial charge in [-0.1, -0.05) is 23.7 Å². The molecular weight excluding hydrogens is 470 g/mol. The fraction of sp³-hybridized carbons (Fsp3) is 0.231. The smallest absolute Gasteiger partial charge is 0.262 e. The third kappa shape index (κ3) is 6.44. The van der Waals surface area contributed by atoms with Crippen molar-refractivity contribution in [3.63, 3.8) is 0 Å². The van der Waals surface area contributed by atoms with E-state index in [9.17, 15) is 9.59 Å². The first-order valence-corrected chi connectivity index (χ1v) is 11.5. The third-order valence-corrected chi connectivity index (χ3v) is 5.72. The summed E-state index contributed by atoms with van der Waals surface area (Å²) in [6.07, 6.45) is 0. The van der Waals surface area contributed by atoms with E-state index < -0.39 is 0 Å². The zero-order valence-electron chi connectivity index (χ0n) is 19.3. The maximum Gasteiger partial charge on any atom is 0.262 e. The van der Waals surface area contributed by atoms with Crippen LogP contribution in [0.25, 0.3) is 0 Å². The molecule has 0 bridgehead atoms. The highest BCUT2D eigenvalue weighted by Gasteiger charge is 2.15. The van der Waals surface area contributed by atoms with Gasteiger partial charge in [0.2, 0.25) is 0 Å². The van der Waals surface area contributed by atoms with Gasteiger partial charge in [0.05, 0.1) is 30.9 Å². The summed E-state index contributed by atoms with van der Waals surface area (Å²) in [5.74, 6) is 0.0941. The molecule has 3 aromatic rings. The molecule has 35 heavy (non-hydrogen) atoms. The summed E-state index contributed by atoms with van der Waals surface area (Å²) in [5, 5.41) is 5.97. The molecule has 9 heteroatoms. The number of para-hydroxylation sites is 1. The van der Waals surface area contributed by atoms with E-state index in [2.05, 4.69) is 15.5 Å². The Labute approximate surface area is 208 Å². The molecule has 182 valence electrons. The number of carbonyl (C=O) groups excluding carboxylic acids is 2. The average Bonchev–Trinajstić information content (AvgIpc) is 2.89. The number of benzene rings is 3. The van der Waals surface area contributed by atoms with Crippen LogP contribution < -0.4 is 25.0 Å². The van der Waals surface area contributed by atoms with Crippen LogP contribution in [0.1, 0.15) is 10.4 Å². The van der Waals surface area contributed by atoms with Crippen molar-refractivity contribution >= 4 is 40.5 Å². The van der Waals surface area contributed by atoms with Crippen LogP contribution in [0.5, 0.6) is 11.5 Å². The van der Waals surface area contributed by atoms with Gasteiger partial charge in [0, 0.05) is 30.2 Å². The fourth-order valence-electron chi connectivity index (χ4n) is 3.64. The minimum atomic E-state index is -0.389. The fourth-order valence-corrected chi connectivity index (χ4v) is 3.90. The quantitative estimate of drug-likeness (QED) is 0.480. The second kappa shape index (κ2) is 11.6. The molecule has 0 atom stereocenters. The van der Waals surface area contributed by atoms with E-state index in [0.717, 1.165) is 18.8 Å². The van der Waals surface area contributed by atoms with Gasteiger partial charge in [0.15, 0.2) is 6.61 Å². The molecule has 0 aliphatic carbocycles. The van der Waals surface area contributed by atoms with E-state index in [4.69, 9.17) is 25.8 Å². The van der Waals surface area contributed by atoms with Gasteiger partial charge < -0.3 is 29.7 Å². The second-order valence-corrected chi connectivity index (χ2v) is 8.19. The van der Waals surface area contributed by atoms with Gasteiger partial charge in [0.1, 0.15) is 11.5 Å². The number of rotatable bonds is 8. The number of anilines is 3. The molecular formula is C26H26ClN3O5. The largest absolute Gasteiger partial charge is 0.495 e. The van der Waals surface area contributed by atoms with Crippen molar-refractivity contribution in [2.45, 2.75) is 0 Å². The maximum absolute atomic E-state index is 12.9. The topological polar surface area (TPSA) is 89.1 Å².